The van der Waals surface area contributed by atoms with Crippen LogP contribution in [0, 0.1) is 27.7 Å². The van der Waals surface area contributed by atoms with Gasteiger partial charge in [0.1, 0.15) is 5.56 Å². The van der Waals surface area contributed by atoms with Gasteiger partial charge in [-0.25, -0.2) is 20.5 Å². The number of nitrogens with one attached hydrogen (secondary N) is 2. The van der Waals surface area contributed by atoms with Crippen molar-refractivity contribution < 1.29 is 4.79 Å². The van der Waals surface area contributed by atoms with Crippen molar-refractivity contribution in [3.8, 4) is 0 Å². The number of halogens is 2. The van der Waals surface area contributed by atoms with E-state index < -0.39 is 0 Å². The Labute approximate surface area is 273 Å². The van der Waals surface area contributed by atoms with Crippen molar-refractivity contribution in [1.29, 1.82) is 0 Å². The van der Waals surface area contributed by atoms with Crippen molar-refractivity contribution in [2.45, 2.75) is 67.5 Å². The van der Waals surface area contributed by atoms with Crippen LogP contribution in [0.3, 0.4) is 0 Å². The molecule has 5 aromatic rings. The molecule has 11 nitrogen and oxygen atoms in total. The highest BCUT2D eigenvalue weighted by Gasteiger charge is 2.21. The number of anilines is 4. The van der Waals surface area contributed by atoms with E-state index in [2.05, 4.69) is 75.5 Å². The van der Waals surface area contributed by atoms with E-state index in [0.717, 1.165) is 39.4 Å². The summed E-state index contributed by atoms with van der Waals surface area (Å²) in [4.78, 5) is 29.1. The predicted molar refractivity (Wildman–Crippen MR) is 183 cm³/mol. The van der Waals surface area contributed by atoms with Crippen molar-refractivity contribution in [2.75, 3.05) is 15.6 Å². The van der Waals surface area contributed by atoms with E-state index in [1.807, 2.05) is 56.6 Å². The summed E-state index contributed by atoms with van der Waals surface area (Å²) >= 11 is 11.8. The lowest BCUT2D eigenvalue weighted by Gasteiger charge is -2.24. The van der Waals surface area contributed by atoms with Gasteiger partial charge in [-0.15, -0.1) is 0 Å². The van der Waals surface area contributed by atoms with Crippen LogP contribution in [0.5, 0.6) is 0 Å². The van der Waals surface area contributed by atoms with Gasteiger partial charge < -0.3 is 10.6 Å². The minimum absolute atomic E-state index is 0.0414. The Morgan fingerprint density at radius 2 is 1.38 bits per heavy atom. The average Bonchev–Trinajstić information content (AvgIpc) is 3.34. The molecule has 0 saturated heterocycles. The van der Waals surface area contributed by atoms with Gasteiger partial charge in [0.25, 0.3) is 5.91 Å². The van der Waals surface area contributed by atoms with Gasteiger partial charge in [0.05, 0.1) is 5.39 Å². The number of amides is 1. The largest absolute Gasteiger partial charge is 0.338 e. The van der Waals surface area contributed by atoms with Crippen LogP contribution in [-0.2, 0) is 0 Å². The molecule has 0 radical (unpaired) electrons. The molecule has 0 aliphatic carbocycles. The molecule has 0 fully saturated rings. The first-order chi connectivity index (χ1) is 21.3. The van der Waals surface area contributed by atoms with Crippen molar-refractivity contribution in [3.05, 3.63) is 87.2 Å². The van der Waals surface area contributed by atoms with Gasteiger partial charge in [0, 0.05) is 35.9 Å². The predicted octanol–water partition coefficient (Wildman–Crippen LogP) is 7.51. The third-order valence-electron chi connectivity index (χ3n) is 7.14. The second-order valence-corrected chi connectivity index (χ2v) is 11.9. The highest BCUT2D eigenvalue weighted by atomic mass is 35.5. The molecule has 0 atom stereocenters. The van der Waals surface area contributed by atoms with Crippen LogP contribution in [0.4, 0.5) is 23.0 Å². The van der Waals surface area contributed by atoms with E-state index in [9.17, 15) is 4.79 Å². The number of nitrogens with zero attached hydrogens (tertiary/aromatic N) is 7. The molecular formula is C32H38Cl2N10O. The van der Waals surface area contributed by atoms with Crippen LogP contribution in [0.2, 0.25) is 10.6 Å². The van der Waals surface area contributed by atoms with Crippen LogP contribution in [0.25, 0.3) is 11.0 Å². The molecule has 0 aliphatic rings. The molecule has 0 aliphatic heterocycles. The molecule has 0 saturated carbocycles. The molecule has 1 amide bonds. The summed E-state index contributed by atoms with van der Waals surface area (Å²) in [6.07, 6.45) is 3.10. The molecule has 4 N–H and O–H groups in total. The Kier molecular flexibility index (Phi) is 10.6. The molecule has 0 spiro atoms. The van der Waals surface area contributed by atoms with Gasteiger partial charge in [-0.2, -0.15) is 15.1 Å². The lowest BCUT2D eigenvalue weighted by molar-refractivity contribution is 0.102. The Balaban J connectivity index is 0.000000205. The molecule has 5 rings (SSSR count). The number of carbonyl (C=O) groups is 1. The average molecular weight is 650 g/mol. The highest BCUT2D eigenvalue weighted by molar-refractivity contribution is 6.28. The Morgan fingerprint density at radius 1 is 0.844 bits per heavy atom. The number of fused-ring (bicyclic) bond motifs is 1. The summed E-state index contributed by atoms with van der Waals surface area (Å²) in [5, 5.41) is 13.5. The maximum Gasteiger partial charge on any atom is 0.261 e. The number of benzene rings is 2. The summed E-state index contributed by atoms with van der Waals surface area (Å²) in [7, 11) is 0. The molecular weight excluding hydrogens is 611 g/mol. The number of hydrogen-bond donors (Lipinski definition) is 3. The van der Waals surface area contributed by atoms with Gasteiger partial charge in [-0.3, -0.25) is 9.80 Å². The van der Waals surface area contributed by atoms with E-state index >= 15 is 0 Å². The van der Waals surface area contributed by atoms with Crippen LogP contribution in [0.1, 0.15) is 66.3 Å². The van der Waals surface area contributed by atoms with E-state index in [1.54, 1.807) is 6.20 Å². The number of hydrogen-bond acceptors (Lipinski definition) is 9. The summed E-state index contributed by atoms with van der Waals surface area (Å²) < 4.78 is 1.86. The zero-order valence-corrected chi connectivity index (χ0v) is 28.2. The van der Waals surface area contributed by atoms with Gasteiger partial charge in [0.15, 0.2) is 17.3 Å². The van der Waals surface area contributed by atoms with Crippen LogP contribution in [-0.4, -0.2) is 41.7 Å². The van der Waals surface area contributed by atoms with Gasteiger partial charge in [0.2, 0.25) is 10.6 Å². The number of nitrogens with two attached hydrogens (primary N) is 1. The van der Waals surface area contributed by atoms with Crippen molar-refractivity contribution in [1.82, 2.24) is 29.7 Å². The van der Waals surface area contributed by atoms with Gasteiger partial charge >= 0.3 is 0 Å². The van der Waals surface area contributed by atoms with Gasteiger partial charge in [-0.05, 0) is 101 Å². The Hall–Kier alpha value is -4.32. The lowest BCUT2D eigenvalue weighted by Crippen LogP contribution is -2.39. The molecule has 3 aromatic heterocycles. The van der Waals surface area contributed by atoms with Gasteiger partial charge in [-0.1, -0.05) is 36.4 Å². The highest BCUT2D eigenvalue weighted by Crippen LogP contribution is 2.30. The number of carbonyl (C=O) groups excluding carboxylic acids is 1. The van der Waals surface area contributed by atoms with Crippen molar-refractivity contribution in [3.63, 3.8) is 0 Å². The van der Waals surface area contributed by atoms with E-state index in [-0.39, 0.29) is 34.1 Å². The molecule has 0 unspecified atom stereocenters. The summed E-state index contributed by atoms with van der Waals surface area (Å²) in [5.41, 5.74) is 7.13. The first-order valence-corrected chi connectivity index (χ1v) is 15.2. The number of para-hydroxylation sites is 2. The minimum Gasteiger partial charge on any atom is -0.338 e. The topological polar surface area (TPSA) is 140 Å². The SMILES string of the molecule is Cc1cccc(C)c1NC(=O)c1cnc(Cl)nc1N(N)C(C)C.Cc1cccc(C)c1Nc1nn(C(C)C)c2nc(Cl)ncc12. The standard InChI is InChI=1S/C16H20ClN5O.C16H18ClN5/c1-9(2)22(18)14-12(8-19-16(17)21-14)15(23)20-13-10(3)6-5-7-11(13)4;1-9(2)22-15-12(8-18-16(17)20-15)14(21-22)19-13-10(3)6-5-7-11(13)4/h5-9H,18H2,1-4H3,(H,20,23);5-9H,1-4H3,(H,19,21). The minimum atomic E-state index is -0.329. The third-order valence-corrected chi connectivity index (χ3v) is 7.50. The number of hydrazine groups is 1. The van der Waals surface area contributed by atoms with E-state index in [4.69, 9.17) is 29.0 Å². The van der Waals surface area contributed by atoms with E-state index in [0.29, 0.717) is 5.82 Å². The zero-order chi connectivity index (χ0) is 33.0. The maximum absolute atomic E-state index is 12.7. The molecule has 2 aromatic carbocycles. The first-order valence-electron chi connectivity index (χ1n) is 14.5. The zero-order valence-electron chi connectivity index (χ0n) is 26.6. The third kappa shape index (κ3) is 7.67. The fraction of sp³-hybridized carbons (Fsp3) is 0.312. The Morgan fingerprint density at radius 3 is 1.93 bits per heavy atom. The normalized spacial score (nSPS) is 11.0. The fourth-order valence-corrected chi connectivity index (χ4v) is 4.89. The van der Waals surface area contributed by atoms with Crippen LogP contribution < -0.4 is 21.5 Å². The Bertz CT molecular complexity index is 1800. The van der Waals surface area contributed by atoms with Crippen LogP contribution in [0.15, 0.2) is 48.8 Å². The van der Waals surface area contributed by atoms with Crippen LogP contribution >= 0.6 is 23.2 Å². The van der Waals surface area contributed by atoms with Crippen molar-refractivity contribution in [2.24, 2.45) is 5.84 Å². The number of aryl methyl sites for hydroxylation is 4. The smallest absolute Gasteiger partial charge is 0.261 e. The molecule has 236 valence electrons. The van der Waals surface area contributed by atoms with Crippen molar-refractivity contribution >= 4 is 63.2 Å². The monoisotopic (exact) mass is 648 g/mol. The quantitative estimate of drug-likeness (QED) is 0.0928. The fourth-order valence-electron chi connectivity index (χ4n) is 4.63. The second-order valence-electron chi connectivity index (χ2n) is 11.3. The number of rotatable bonds is 7. The maximum atomic E-state index is 12.7. The number of aromatic nitrogens is 6. The van der Waals surface area contributed by atoms with E-state index in [1.165, 1.54) is 22.3 Å². The second kappa shape index (κ2) is 14.2. The summed E-state index contributed by atoms with van der Waals surface area (Å²) in [5.74, 6) is 6.72. The lowest BCUT2D eigenvalue weighted by atomic mass is 10.1. The molecule has 45 heavy (non-hydrogen) atoms. The molecule has 0 bridgehead atoms. The molecule has 13 heteroatoms. The summed E-state index contributed by atoms with van der Waals surface area (Å²) in [6.45, 7) is 15.9. The summed E-state index contributed by atoms with van der Waals surface area (Å²) in [6, 6.07) is 12.1. The first kappa shape index (κ1) is 33.6. The molecule has 3 heterocycles.